The highest BCUT2D eigenvalue weighted by Gasteiger charge is 2.26. The maximum atomic E-state index is 5.58. The van der Waals surface area contributed by atoms with Crippen molar-refractivity contribution in [3.8, 4) is 17.2 Å². The fraction of sp³-hybridized carbons (Fsp3) is 0.312. The molecule has 0 radical (unpaired) electrons. The van der Waals surface area contributed by atoms with Gasteiger partial charge < -0.3 is 13.7 Å². The number of methoxy groups -OCH3 is 1. The number of hydrogen-bond donors (Lipinski definition) is 0. The molecule has 1 aliphatic rings. The van der Waals surface area contributed by atoms with E-state index in [1.54, 1.807) is 25.1 Å². The topological polar surface area (TPSA) is 66.0 Å². The summed E-state index contributed by atoms with van der Waals surface area (Å²) in [6, 6.07) is 8.24. The van der Waals surface area contributed by atoms with Crippen molar-refractivity contribution in [1.29, 1.82) is 0 Å². The van der Waals surface area contributed by atoms with Crippen LogP contribution in [0.1, 0.15) is 24.6 Å². The maximum absolute atomic E-state index is 5.58. The van der Waals surface area contributed by atoms with Gasteiger partial charge >= 0.3 is 0 Å². The van der Waals surface area contributed by atoms with Gasteiger partial charge in [-0.05, 0) is 37.1 Å². The van der Waals surface area contributed by atoms with Crippen LogP contribution in [0, 0.1) is 0 Å². The number of nitrogens with zero attached hydrogens (tertiary/aromatic N) is 4. The summed E-state index contributed by atoms with van der Waals surface area (Å²) in [5.74, 6) is 2.15. The molecule has 118 valence electrons. The van der Waals surface area contributed by atoms with Crippen LogP contribution in [0.3, 0.4) is 0 Å². The van der Waals surface area contributed by atoms with Gasteiger partial charge in [0.2, 0.25) is 5.89 Å². The maximum Gasteiger partial charge on any atom is 0.226 e. The molecular weight excluding hydrogens is 312 g/mol. The number of aromatic nitrogens is 4. The lowest BCUT2D eigenvalue weighted by Gasteiger charge is -2.02. The molecule has 0 saturated heterocycles. The van der Waals surface area contributed by atoms with Crippen molar-refractivity contribution in [2.24, 2.45) is 0 Å². The molecule has 6 nitrogen and oxygen atoms in total. The first-order chi connectivity index (χ1) is 11.3. The quantitative estimate of drug-likeness (QED) is 0.645. The molecule has 4 rings (SSSR count). The van der Waals surface area contributed by atoms with Crippen LogP contribution in [-0.4, -0.2) is 26.9 Å². The summed E-state index contributed by atoms with van der Waals surface area (Å²) < 4.78 is 12.9. The Kier molecular flexibility index (Phi) is 3.78. The van der Waals surface area contributed by atoms with Crippen molar-refractivity contribution < 1.29 is 9.15 Å². The average Bonchev–Trinajstić information content (AvgIpc) is 3.14. The molecule has 0 bridgehead atoms. The first-order valence-corrected chi connectivity index (χ1v) is 8.43. The fourth-order valence-electron chi connectivity index (χ4n) is 2.32. The summed E-state index contributed by atoms with van der Waals surface area (Å²) in [5, 5.41) is 9.13. The van der Waals surface area contributed by atoms with Gasteiger partial charge in [0.05, 0.1) is 12.8 Å². The Hall–Kier alpha value is -2.28. The van der Waals surface area contributed by atoms with E-state index >= 15 is 0 Å². The highest BCUT2D eigenvalue weighted by molar-refractivity contribution is 7.98. The van der Waals surface area contributed by atoms with Gasteiger partial charge in [-0.3, -0.25) is 0 Å². The predicted molar refractivity (Wildman–Crippen MR) is 86.3 cm³/mol. The molecule has 0 N–H and O–H groups in total. The van der Waals surface area contributed by atoms with Crippen LogP contribution in [0.4, 0.5) is 0 Å². The molecule has 1 aromatic carbocycles. The summed E-state index contributed by atoms with van der Waals surface area (Å²) in [5.41, 5.74) is 1.83. The third-order valence-corrected chi connectivity index (χ3v) is 4.71. The van der Waals surface area contributed by atoms with E-state index in [1.807, 2.05) is 30.6 Å². The number of oxazole rings is 1. The lowest BCUT2D eigenvalue weighted by atomic mass is 10.2. The summed E-state index contributed by atoms with van der Waals surface area (Å²) in [7, 11) is 1.65. The van der Waals surface area contributed by atoms with Crippen LogP contribution in [0.2, 0.25) is 0 Å². The number of hydrogen-bond acceptors (Lipinski definition) is 6. The van der Waals surface area contributed by atoms with Crippen LogP contribution in [-0.2, 0) is 5.75 Å². The van der Waals surface area contributed by atoms with Crippen molar-refractivity contribution in [1.82, 2.24) is 19.7 Å². The zero-order valence-electron chi connectivity index (χ0n) is 12.7. The molecule has 0 atom stereocenters. The zero-order valence-corrected chi connectivity index (χ0v) is 13.5. The van der Waals surface area contributed by atoms with Gasteiger partial charge in [0.25, 0.3) is 0 Å². The van der Waals surface area contributed by atoms with E-state index in [0.29, 0.717) is 17.7 Å². The van der Waals surface area contributed by atoms with Gasteiger partial charge in [-0.15, -0.1) is 10.2 Å². The van der Waals surface area contributed by atoms with E-state index in [9.17, 15) is 0 Å². The van der Waals surface area contributed by atoms with E-state index in [4.69, 9.17) is 9.15 Å². The van der Waals surface area contributed by atoms with Gasteiger partial charge in [-0.2, -0.15) is 0 Å². The van der Waals surface area contributed by atoms with Gasteiger partial charge in [-0.25, -0.2) is 4.98 Å². The van der Waals surface area contributed by atoms with Crippen LogP contribution in [0.25, 0.3) is 11.5 Å². The second kappa shape index (κ2) is 6.08. The van der Waals surface area contributed by atoms with E-state index in [1.165, 1.54) is 12.8 Å². The Morgan fingerprint density at radius 2 is 2.13 bits per heavy atom. The first kappa shape index (κ1) is 14.3. The van der Waals surface area contributed by atoms with Crippen molar-refractivity contribution in [2.45, 2.75) is 29.8 Å². The molecule has 2 aromatic heterocycles. The molecule has 7 heteroatoms. The summed E-state index contributed by atoms with van der Waals surface area (Å²) in [6.45, 7) is 0. The second-order valence-electron chi connectivity index (χ2n) is 5.41. The summed E-state index contributed by atoms with van der Waals surface area (Å²) >= 11 is 1.64. The standard InChI is InChI=1S/C16H16N4O2S/c1-21-14-6-2-11(3-7-14)15-18-12(8-22-15)9-23-16-19-17-10-20(16)13-4-5-13/h2-3,6-8,10,13H,4-5,9H2,1H3. The molecule has 0 unspecified atom stereocenters. The van der Waals surface area contributed by atoms with Gasteiger partial charge in [-0.1, -0.05) is 11.8 Å². The van der Waals surface area contributed by atoms with Crippen LogP contribution >= 0.6 is 11.8 Å². The monoisotopic (exact) mass is 328 g/mol. The van der Waals surface area contributed by atoms with Crippen LogP contribution in [0.5, 0.6) is 5.75 Å². The Labute approximate surface area is 137 Å². The molecule has 1 fully saturated rings. The van der Waals surface area contributed by atoms with Crippen LogP contribution < -0.4 is 4.74 Å². The molecule has 23 heavy (non-hydrogen) atoms. The number of rotatable bonds is 6. The van der Waals surface area contributed by atoms with E-state index < -0.39 is 0 Å². The summed E-state index contributed by atoms with van der Waals surface area (Å²) in [6.07, 6.45) is 5.95. The minimum absolute atomic E-state index is 0.583. The van der Waals surface area contributed by atoms with E-state index in [2.05, 4.69) is 19.7 Å². The second-order valence-corrected chi connectivity index (χ2v) is 6.36. The Morgan fingerprint density at radius 3 is 2.87 bits per heavy atom. The highest BCUT2D eigenvalue weighted by atomic mass is 32.2. The Balaban J connectivity index is 1.44. The van der Waals surface area contributed by atoms with Gasteiger partial charge in [0.1, 0.15) is 18.3 Å². The Bertz CT molecular complexity index is 793. The lowest BCUT2D eigenvalue weighted by molar-refractivity contribution is 0.415. The van der Waals surface area contributed by atoms with E-state index in [-0.39, 0.29) is 0 Å². The molecule has 1 aliphatic carbocycles. The molecule has 0 spiro atoms. The molecule has 0 amide bonds. The van der Waals surface area contributed by atoms with Crippen molar-refractivity contribution in [3.05, 3.63) is 42.5 Å². The minimum atomic E-state index is 0.583. The molecular formula is C16H16N4O2S. The average molecular weight is 328 g/mol. The third kappa shape index (κ3) is 3.10. The first-order valence-electron chi connectivity index (χ1n) is 7.44. The lowest BCUT2D eigenvalue weighted by Crippen LogP contribution is -1.94. The van der Waals surface area contributed by atoms with Gasteiger partial charge in [0.15, 0.2) is 5.16 Å². The zero-order chi connectivity index (χ0) is 15.6. The van der Waals surface area contributed by atoms with Crippen molar-refractivity contribution in [2.75, 3.05) is 7.11 Å². The molecule has 0 aliphatic heterocycles. The fourth-order valence-corrected chi connectivity index (χ4v) is 3.18. The molecule has 2 heterocycles. The van der Waals surface area contributed by atoms with Gasteiger partial charge in [0, 0.05) is 17.4 Å². The van der Waals surface area contributed by atoms with Crippen molar-refractivity contribution in [3.63, 3.8) is 0 Å². The largest absolute Gasteiger partial charge is 0.497 e. The third-order valence-electron chi connectivity index (χ3n) is 3.72. The number of thioether (sulfide) groups is 1. The van der Waals surface area contributed by atoms with E-state index in [0.717, 1.165) is 22.2 Å². The highest BCUT2D eigenvalue weighted by Crippen LogP contribution is 2.37. The van der Waals surface area contributed by atoms with Crippen molar-refractivity contribution >= 4 is 11.8 Å². The molecule has 1 saturated carbocycles. The SMILES string of the molecule is COc1ccc(-c2nc(CSc3nncn3C3CC3)co2)cc1. The number of ether oxygens (including phenoxy) is 1. The Morgan fingerprint density at radius 1 is 1.30 bits per heavy atom. The predicted octanol–water partition coefficient (Wildman–Crippen LogP) is 3.57. The smallest absolute Gasteiger partial charge is 0.226 e. The summed E-state index contributed by atoms with van der Waals surface area (Å²) in [4.78, 5) is 4.54. The normalized spacial score (nSPS) is 14.1. The minimum Gasteiger partial charge on any atom is -0.497 e. The molecule has 3 aromatic rings. The van der Waals surface area contributed by atoms with Crippen LogP contribution in [0.15, 0.2) is 46.4 Å². The number of benzene rings is 1.